The third kappa shape index (κ3) is 7.15. The lowest BCUT2D eigenvalue weighted by Gasteiger charge is -2.26. The van der Waals surface area contributed by atoms with Crippen LogP contribution >= 0.6 is 46.2 Å². The lowest BCUT2D eigenvalue weighted by atomic mass is 10.1. The average Bonchev–Trinajstić information content (AvgIpc) is 3.15. The van der Waals surface area contributed by atoms with E-state index in [1.807, 2.05) is 27.7 Å². The van der Waals surface area contributed by atoms with Crippen molar-refractivity contribution >= 4 is 51.4 Å². The molecule has 140 valence electrons. The highest BCUT2D eigenvalue weighted by Gasteiger charge is 2.19. The van der Waals surface area contributed by atoms with Gasteiger partial charge in [-0.2, -0.15) is 0 Å². The molecule has 8 heteroatoms. The summed E-state index contributed by atoms with van der Waals surface area (Å²) in [5.41, 5.74) is 1.33. The fraction of sp³-hybridized carbons (Fsp3) is 0.588. The van der Waals surface area contributed by atoms with Gasteiger partial charge in [-0.1, -0.05) is 33.7 Å². The van der Waals surface area contributed by atoms with E-state index in [4.69, 9.17) is 21.7 Å². The molecule has 0 aliphatic carbocycles. The molecule has 0 aromatic heterocycles. The zero-order valence-corrected chi connectivity index (χ0v) is 17.4. The molecule has 4 nitrogen and oxygen atoms in total. The highest BCUT2D eigenvalue weighted by molar-refractivity contribution is 8.77. The molecule has 1 unspecified atom stereocenters. The smallest absolute Gasteiger partial charge is 0.262 e. The molecule has 25 heavy (non-hydrogen) atoms. The monoisotopic (exact) mass is 420 g/mol. The van der Waals surface area contributed by atoms with Crippen molar-refractivity contribution in [1.29, 1.82) is 0 Å². The van der Waals surface area contributed by atoms with Crippen molar-refractivity contribution < 1.29 is 9.47 Å². The molecule has 2 heterocycles. The fourth-order valence-corrected chi connectivity index (χ4v) is 5.90. The molecule has 2 aliphatic heterocycles. The Labute approximate surface area is 169 Å². The standard InChI is InChI=1S/C17H24N2O2S3.ClH/c22-17(18-6-2-7-19-8-10-20-11-9-19)21-15-4-1-3-14(13-15)16-5-12-23-24-16;/h1,3-4,13,16H,2,5-12H2,(H,18,22);1H. The van der Waals surface area contributed by atoms with Crippen LogP contribution in [0.25, 0.3) is 0 Å². The topological polar surface area (TPSA) is 33.7 Å². The van der Waals surface area contributed by atoms with E-state index in [-0.39, 0.29) is 12.4 Å². The number of hydrogen-bond acceptors (Lipinski definition) is 6. The molecule has 0 saturated carbocycles. The number of nitrogens with one attached hydrogen (secondary N) is 1. The van der Waals surface area contributed by atoms with Crippen molar-refractivity contribution in [3.05, 3.63) is 29.8 Å². The van der Waals surface area contributed by atoms with Crippen LogP contribution in [0.5, 0.6) is 5.75 Å². The number of hydrogen-bond donors (Lipinski definition) is 1. The Morgan fingerprint density at radius 1 is 1.36 bits per heavy atom. The molecule has 1 N–H and O–H groups in total. The molecule has 0 bridgehead atoms. The normalized spacial score (nSPS) is 20.7. The maximum absolute atomic E-state index is 5.78. The Kier molecular flexibility index (Phi) is 9.73. The summed E-state index contributed by atoms with van der Waals surface area (Å²) in [4.78, 5) is 2.43. The third-order valence-electron chi connectivity index (χ3n) is 4.11. The summed E-state index contributed by atoms with van der Waals surface area (Å²) < 4.78 is 11.1. The summed E-state index contributed by atoms with van der Waals surface area (Å²) >= 11 is 5.31. The van der Waals surface area contributed by atoms with Crippen LogP contribution in [0, 0.1) is 0 Å². The second-order valence-corrected chi connectivity index (χ2v) is 8.95. The van der Waals surface area contributed by atoms with Gasteiger partial charge in [0.25, 0.3) is 5.17 Å². The third-order valence-corrected chi connectivity index (χ3v) is 7.22. The predicted octanol–water partition coefficient (Wildman–Crippen LogP) is 3.91. The minimum Gasteiger partial charge on any atom is -0.432 e. The molecule has 2 aliphatic rings. The van der Waals surface area contributed by atoms with E-state index in [0.29, 0.717) is 10.4 Å². The molecule has 1 aromatic rings. The SMILES string of the molecule is Cl.S=C(NCCCN1CCOCC1)Oc1cccc(C2CCSS2)c1. The van der Waals surface area contributed by atoms with Crippen LogP contribution in [-0.4, -0.2) is 55.2 Å². The van der Waals surface area contributed by atoms with E-state index in [2.05, 4.69) is 28.4 Å². The van der Waals surface area contributed by atoms with E-state index in [0.717, 1.165) is 51.6 Å². The zero-order chi connectivity index (χ0) is 16.6. The molecule has 3 rings (SSSR count). The number of rotatable bonds is 6. The largest absolute Gasteiger partial charge is 0.432 e. The van der Waals surface area contributed by atoms with Crippen LogP contribution in [0.4, 0.5) is 0 Å². The molecule has 0 amide bonds. The fourth-order valence-electron chi connectivity index (χ4n) is 2.80. The molecular weight excluding hydrogens is 396 g/mol. The van der Waals surface area contributed by atoms with Gasteiger partial charge in [-0.15, -0.1) is 12.4 Å². The first-order chi connectivity index (χ1) is 11.8. The average molecular weight is 421 g/mol. The lowest BCUT2D eigenvalue weighted by molar-refractivity contribution is 0.0375. The van der Waals surface area contributed by atoms with E-state index in [1.165, 1.54) is 17.7 Å². The van der Waals surface area contributed by atoms with Crippen molar-refractivity contribution in [2.24, 2.45) is 0 Å². The van der Waals surface area contributed by atoms with Gasteiger partial charge in [-0.3, -0.25) is 4.90 Å². The van der Waals surface area contributed by atoms with Gasteiger partial charge in [-0.05, 0) is 49.3 Å². The molecule has 0 radical (unpaired) electrons. The first-order valence-electron chi connectivity index (χ1n) is 8.45. The Bertz CT molecular complexity index is 538. The zero-order valence-electron chi connectivity index (χ0n) is 14.1. The molecule has 0 spiro atoms. The minimum absolute atomic E-state index is 0. The van der Waals surface area contributed by atoms with E-state index in [1.54, 1.807) is 0 Å². The van der Waals surface area contributed by atoms with Crippen LogP contribution in [0.1, 0.15) is 23.7 Å². The molecule has 2 saturated heterocycles. The number of nitrogens with zero attached hydrogens (tertiary/aromatic N) is 1. The van der Waals surface area contributed by atoms with Gasteiger partial charge in [0.2, 0.25) is 0 Å². The summed E-state index contributed by atoms with van der Waals surface area (Å²) in [6.07, 6.45) is 2.28. The first kappa shape index (κ1) is 21.1. The summed E-state index contributed by atoms with van der Waals surface area (Å²) in [5, 5.41) is 4.24. The van der Waals surface area contributed by atoms with Gasteiger partial charge in [0, 0.05) is 30.6 Å². The van der Waals surface area contributed by atoms with E-state index >= 15 is 0 Å². The number of halogens is 1. The molecule has 1 aromatic carbocycles. The first-order valence-corrected chi connectivity index (χ1v) is 11.2. The molecule has 2 fully saturated rings. The highest BCUT2D eigenvalue weighted by atomic mass is 35.5. The second kappa shape index (κ2) is 11.5. The molecular formula is C17H25ClN2O2S3. The predicted molar refractivity (Wildman–Crippen MR) is 114 cm³/mol. The lowest BCUT2D eigenvalue weighted by Crippen LogP contribution is -2.38. The summed E-state index contributed by atoms with van der Waals surface area (Å²) in [6.45, 7) is 5.68. The van der Waals surface area contributed by atoms with Gasteiger partial charge in [-0.25, -0.2) is 0 Å². The van der Waals surface area contributed by atoms with Crippen LogP contribution in [0.15, 0.2) is 24.3 Å². The van der Waals surface area contributed by atoms with Gasteiger partial charge in [0.05, 0.1) is 13.2 Å². The Morgan fingerprint density at radius 2 is 2.20 bits per heavy atom. The second-order valence-electron chi connectivity index (χ2n) is 5.89. The quantitative estimate of drug-likeness (QED) is 0.424. The maximum atomic E-state index is 5.78. The van der Waals surface area contributed by atoms with Crippen molar-refractivity contribution in [3.63, 3.8) is 0 Å². The van der Waals surface area contributed by atoms with E-state index in [9.17, 15) is 0 Å². The number of morpholine rings is 1. The highest BCUT2D eigenvalue weighted by Crippen LogP contribution is 2.48. The van der Waals surface area contributed by atoms with Crippen molar-refractivity contribution in [2.45, 2.75) is 18.1 Å². The van der Waals surface area contributed by atoms with Gasteiger partial charge < -0.3 is 14.8 Å². The van der Waals surface area contributed by atoms with Gasteiger partial charge in [0.15, 0.2) is 0 Å². The number of ether oxygens (including phenoxy) is 2. The van der Waals surface area contributed by atoms with Crippen LogP contribution < -0.4 is 10.1 Å². The van der Waals surface area contributed by atoms with Gasteiger partial charge in [0.1, 0.15) is 5.75 Å². The number of thiocarbonyl (C=S) groups is 1. The van der Waals surface area contributed by atoms with Crippen LogP contribution in [-0.2, 0) is 4.74 Å². The summed E-state index contributed by atoms with van der Waals surface area (Å²) in [6, 6.07) is 8.31. The maximum Gasteiger partial charge on any atom is 0.262 e. The Balaban J connectivity index is 0.00000225. The Hall–Kier alpha value is -0.180. The van der Waals surface area contributed by atoms with E-state index < -0.39 is 0 Å². The summed E-state index contributed by atoms with van der Waals surface area (Å²) in [5.74, 6) is 2.06. The van der Waals surface area contributed by atoms with Crippen LogP contribution in [0.3, 0.4) is 0 Å². The van der Waals surface area contributed by atoms with Crippen molar-refractivity contribution in [1.82, 2.24) is 10.2 Å². The Morgan fingerprint density at radius 3 is 2.96 bits per heavy atom. The van der Waals surface area contributed by atoms with Crippen molar-refractivity contribution in [3.8, 4) is 5.75 Å². The summed E-state index contributed by atoms with van der Waals surface area (Å²) in [7, 11) is 3.90. The number of benzene rings is 1. The van der Waals surface area contributed by atoms with Gasteiger partial charge >= 0.3 is 0 Å². The molecule has 1 atom stereocenters. The van der Waals surface area contributed by atoms with Crippen LogP contribution in [0.2, 0.25) is 0 Å². The van der Waals surface area contributed by atoms with Crippen molar-refractivity contribution in [2.75, 3.05) is 45.1 Å². The minimum atomic E-state index is 0.